The standard InChI is InChI=1S/C28H33F4N3O2/c1-28(32,17-36)16-35-8-4-6-21-20-5-2-3-7-24(20)33-26(21)27(35)25-22(30)11-19(12-23(25)31)37-10-9-34-14-18(13-29)15-34/h2-3,5,7,11-12,18,27,33,36H,4,6,8-10,13-17H2,1H3. The van der Waals surface area contributed by atoms with Gasteiger partial charge in [0.15, 0.2) is 0 Å². The van der Waals surface area contributed by atoms with E-state index >= 15 is 13.2 Å². The monoisotopic (exact) mass is 519 g/mol. The van der Waals surface area contributed by atoms with Crippen LogP contribution in [0.15, 0.2) is 36.4 Å². The van der Waals surface area contributed by atoms with Crippen molar-refractivity contribution in [2.24, 2.45) is 5.92 Å². The molecule has 200 valence electrons. The maximum Gasteiger partial charge on any atom is 0.143 e. The SMILES string of the molecule is CC(F)(CO)CN1CCCc2c([nH]c3ccccc23)C1c1c(F)cc(OCCN2CC(CF)C2)cc1F. The van der Waals surface area contributed by atoms with Crippen LogP contribution in [0, 0.1) is 17.6 Å². The molecule has 0 spiro atoms. The molecule has 2 unspecified atom stereocenters. The number of hydrogen-bond acceptors (Lipinski definition) is 4. The topological polar surface area (TPSA) is 51.7 Å². The Morgan fingerprint density at radius 3 is 2.59 bits per heavy atom. The highest BCUT2D eigenvalue weighted by molar-refractivity contribution is 5.85. The lowest BCUT2D eigenvalue weighted by molar-refractivity contribution is 0.0366. The van der Waals surface area contributed by atoms with E-state index in [9.17, 15) is 9.50 Å². The van der Waals surface area contributed by atoms with Gasteiger partial charge in [0.25, 0.3) is 0 Å². The molecule has 3 aromatic rings. The van der Waals surface area contributed by atoms with Gasteiger partial charge in [0.05, 0.1) is 19.3 Å². The molecule has 3 heterocycles. The Labute approximate surface area is 214 Å². The molecular formula is C28H33F4N3O2. The van der Waals surface area contributed by atoms with E-state index in [0.717, 1.165) is 16.5 Å². The van der Waals surface area contributed by atoms with Crippen LogP contribution in [0.1, 0.15) is 36.2 Å². The molecule has 1 aromatic heterocycles. The molecule has 2 aliphatic rings. The number of alkyl halides is 2. The second-order valence-corrected chi connectivity index (χ2v) is 10.5. The second-order valence-electron chi connectivity index (χ2n) is 10.5. The molecule has 37 heavy (non-hydrogen) atoms. The summed E-state index contributed by atoms with van der Waals surface area (Å²) in [5.41, 5.74) is 0.339. The highest BCUT2D eigenvalue weighted by Gasteiger charge is 2.38. The molecule has 0 saturated carbocycles. The molecular weight excluding hydrogens is 486 g/mol. The van der Waals surface area contributed by atoms with Crippen molar-refractivity contribution in [1.82, 2.24) is 14.8 Å². The lowest BCUT2D eigenvalue weighted by Gasteiger charge is -2.37. The smallest absolute Gasteiger partial charge is 0.143 e. The molecule has 0 amide bonds. The van der Waals surface area contributed by atoms with Crippen molar-refractivity contribution in [3.05, 3.63) is 64.9 Å². The number of hydrogen-bond donors (Lipinski definition) is 2. The molecule has 1 fully saturated rings. The molecule has 0 bridgehead atoms. The van der Waals surface area contributed by atoms with E-state index in [0.29, 0.717) is 44.7 Å². The molecule has 9 heteroatoms. The van der Waals surface area contributed by atoms with Crippen molar-refractivity contribution < 1.29 is 27.4 Å². The van der Waals surface area contributed by atoms with Crippen molar-refractivity contribution >= 4 is 10.9 Å². The van der Waals surface area contributed by atoms with Crippen molar-refractivity contribution in [3.8, 4) is 5.75 Å². The Hall–Kier alpha value is -2.62. The van der Waals surface area contributed by atoms with Crippen molar-refractivity contribution in [2.75, 3.05) is 52.6 Å². The van der Waals surface area contributed by atoms with Gasteiger partial charge in [0.2, 0.25) is 0 Å². The summed E-state index contributed by atoms with van der Waals surface area (Å²) in [5, 5.41) is 10.6. The molecule has 5 rings (SSSR count). The average Bonchev–Trinajstić information content (AvgIpc) is 3.11. The zero-order valence-electron chi connectivity index (χ0n) is 21.0. The van der Waals surface area contributed by atoms with Gasteiger partial charge in [-0.25, -0.2) is 13.2 Å². The fourth-order valence-electron chi connectivity index (χ4n) is 5.62. The van der Waals surface area contributed by atoms with E-state index in [4.69, 9.17) is 4.74 Å². The van der Waals surface area contributed by atoms with E-state index in [1.54, 1.807) is 4.90 Å². The number of benzene rings is 2. The van der Waals surface area contributed by atoms with Crippen LogP contribution in [0.2, 0.25) is 0 Å². The Morgan fingerprint density at radius 1 is 1.16 bits per heavy atom. The Balaban J connectivity index is 1.47. The second kappa shape index (κ2) is 10.6. The van der Waals surface area contributed by atoms with E-state index < -0.39 is 30.0 Å². The summed E-state index contributed by atoms with van der Waals surface area (Å²) in [6.45, 7) is 2.58. The maximum absolute atomic E-state index is 15.7. The number of rotatable bonds is 9. The van der Waals surface area contributed by atoms with Crippen LogP contribution in [0.5, 0.6) is 5.75 Å². The lowest BCUT2D eigenvalue weighted by atomic mass is 9.96. The van der Waals surface area contributed by atoms with E-state index in [1.165, 1.54) is 19.1 Å². The van der Waals surface area contributed by atoms with Gasteiger partial charge >= 0.3 is 0 Å². The van der Waals surface area contributed by atoms with E-state index in [2.05, 4.69) is 4.98 Å². The number of halogens is 4. The van der Waals surface area contributed by atoms with Gasteiger partial charge in [0, 0.05) is 66.4 Å². The van der Waals surface area contributed by atoms with Crippen LogP contribution in [-0.4, -0.2) is 78.2 Å². The van der Waals surface area contributed by atoms with Gasteiger partial charge in [-0.2, -0.15) is 0 Å². The van der Waals surface area contributed by atoms with Crippen LogP contribution in [0.25, 0.3) is 10.9 Å². The highest BCUT2D eigenvalue weighted by Crippen LogP contribution is 2.41. The summed E-state index contributed by atoms with van der Waals surface area (Å²) >= 11 is 0. The van der Waals surface area contributed by atoms with Crippen LogP contribution in [0.3, 0.4) is 0 Å². The van der Waals surface area contributed by atoms with Gasteiger partial charge in [-0.15, -0.1) is 0 Å². The third-order valence-corrected chi connectivity index (χ3v) is 7.47. The molecule has 2 atom stereocenters. The van der Waals surface area contributed by atoms with Crippen LogP contribution >= 0.6 is 0 Å². The summed E-state index contributed by atoms with van der Waals surface area (Å²) in [6.07, 6.45) is 1.36. The Bertz CT molecular complexity index is 1220. The number of likely N-dealkylation sites (tertiary alicyclic amines) is 1. The minimum atomic E-state index is -1.94. The summed E-state index contributed by atoms with van der Waals surface area (Å²) in [6, 6.07) is 9.14. The normalized spacial score (nSPS) is 20.9. The number of aryl methyl sites for hydroxylation is 1. The van der Waals surface area contributed by atoms with Gasteiger partial charge in [-0.3, -0.25) is 14.2 Å². The number of aliphatic hydroxyl groups excluding tert-OH is 1. The minimum absolute atomic E-state index is 0.0586. The predicted molar refractivity (Wildman–Crippen MR) is 134 cm³/mol. The molecule has 1 saturated heterocycles. The summed E-state index contributed by atoms with van der Waals surface area (Å²) in [5.74, 6) is -1.42. The zero-order chi connectivity index (χ0) is 26.2. The van der Waals surface area contributed by atoms with Gasteiger partial charge in [-0.05, 0) is 37.9 Å². The van der Waals surface area contributed by atoms with Crippen LogP contribution < -0.4 is 4.74 Å². The number of ether oxygens (including phenoxy) is 1. The molecule has 5 nitrogen and oxygen atoms in total. The van der Waals surface area contributed by atoms with Crippen molar-refractivity contribution in [2.45, 2.75) is 31.5 Å². The number of aromatic amines is 1. The lowest BCUT2D eigenvalue weighted by Crippen LogP contribution is -2.49. The third-order valence-electron chi connectivity index (χ3n) is 7.47. The van der Waals surface area contributed by atoms with E-state index in [-0.39, 0.29) is 37.1 Å². The fraction of sp³-hybridized carbons (Fsp3) is 0.500. The minimum Gasteiger partial charge on any atom is -0.492 e. The largest absolute Gasteiger partial charge is 0.492 e. The molecule has 0 radical (unpaired) electrons. The predicted octanol–water partition coefficient (Wildman–Crippen LogP) is 4.78. The maximum atomic E-state index is 15.7. The quantitative estimate of drug-likeness (QED) is 0.400. The average molecular weight is 520 g/mol. The molecule has 0 aliphatic carbocycles. The van der Waals surface area contributed by atoms with Gasteiger partial charge in [0.1, 0.15) is 29.7 Å². The number of aromatic nitrogens is 1. The number of nitrogens with zero attached hydrogens (tertiary/aromatic N) is 2. The Kier molecular flexibility index (Phi) is 7.47. The number of para-hydroxylation sites is 1. The van der Waals surface area contributed by atoms with Gasteiger partial charge in [-0.1, -0.05) is 18.2 Å². The summed E-state index contributed by atoms with van der Waals surface area (Å²) < 4.78 is 64.6. The van der Waals surface area contributed by atoms with Crippen LogP contribution in [0.4, 0.5) is 17.6 Å². The van der Waals surface area contributed by atoms with Gasteiger partial charge < -0.3 is 14.8 Å². The Morgan fingerprint density at radius 2 is 1.89 bits per heavy atom. The number of nitrogens with one attached hydrogen (secondary N) is 1. The molecule has 2 aromatic carbocycles. The fourth-order valence-corrected chi connectivity index (χ4v) is 5.62. The van der Waals surface area contributed by atoms with Crippen molar-refractivity contribution in [3.63, 3.8) is 0 Å². The first kappa shape index (κ1) is 26.0. The first-order valence-electron chi connectivity index (χ1n) is 12.8. The highest BCUT2D eigenvalue weighted by atomic mass is 19.1. The van der Waals surface area contributed by atoms with Crippen LogP contribution in [-0.2, 0) is 6.42 Å². The third kappa shape index (κ3) is 5.35. The first-order chi connectivity index (χ1) is 17.8. The van der Waals surface area contributed by atoms with E-state index in [1.807, 2.05) is 29.2 Å². The number of fused-ring (bicyclic) bond motifs is 3. The number of aliphatic hydroxyl groups is 1. The first-order valence-corrected chi connectivity index (χ1v) is 12.8. The molecule has 2 N–H and O–H groups in total. The zero-order valence-corrected chi connectivity index (χ0v) is 21.0. The summed E-state index contributed by atoms with van der Waals surface area (Å²) in [7, 11) is 0. The van der Waals surface area contributed by atoms with Crippen molar-refractivity contribution in [1.29, 1.82) is 0 Å². The number of H-pyrrole nitrogens is 1. The summed E-state index contributed by atoms with van der Waals surface area (Å²) in [4.78, 5) is 7.09. The molecule has 2 aliphatic heterocycles.